The zero-order valence-electron chi connectivity index (χ0n) is 14.7. The Morgan fingerprint density at radius 3 is 2.14 bits per heavy atom. The zero-order valence-corrected chi connectivity index (χ0v) is 14.7. The molecule has 0 spiro atoms. The van der Waals surface area contributed by atoms with E-state index in [-0.39, 0.29) is 17.0 Å². The standard InChI is InChI=1S/C18H30N2O/c1-12-13-10-8-9-11-14(13)20(18(5,6)7)15(12)16(21)19-17(2,3)4/h8-11H2,1-7H3,(H,19,21). The van der Waals surface area contributed by atoms with Gasteiger partial charge in [-0.05, 0) is 85.3 Å². The molecule has 0 radical (unpaired) electrons. The lowest BCUT2D eigenvalue weighted by molar-refractivity contribution is 0.0902. The summed E-state index contributed by atoms with van der Waals surface area (Å²) in [6.07, 6.45) is 4.67. The van der Waals surface area contributed by atoms with Crippen LogP contribution in [0.3, 0.4) is 0 Å². The van der Waals surface area contributed by atoms with Crippen LogP contribution in [0, 0.1) is 6.92 Å². The average molecular weight is 290 g/mol. The van der Waals surface area contributed by atoms with Gasteiger partial charge < -0.3 is 9.88 Å². The van der Waals surface area contributed by atoms with E-state index in [4.69, 9.17) is 0 Å². The van der Waals surface area contributed by atoms with Crippen molar-refractivity contribution in [2.45, 2.75) is 85.2 Å². The maximum atomic E-state index is 12.8. The molecule has 118 valence electrons. The number of nitrogens with zero attached hydrogens (tertiary/aromatic N) is 1. The first-order valence-corrected chi connectivity index (χ1v) is 8.08. The van der Waals surface area contributed by atoms with E-state index in [9.17, 15) is 4.79 Å². The molecule has 3 heteroatoms. The molecule has 1 aromatic heterocycles. The molecule has 1 aromatic rings. The largest absolute Gasteiger partial charge is 0.346 e. The van der Waals surface area contributed by atoms with Crippen LogP contribution < -0.4 is 5.32 Å². The van der Waals surface area contributed by atoms with E-state index in [1.54, 1.807) is 0 Å². The molecule has 2 rings (SSSR count). The Bertz CT molecular complexity index is 553. The van der Waals surface area contributed by atoms with Gasteiger partial charge in [-0.1, -0.05) is 0 Å². The number of aromatic nitrogens is 1. The summed E-state index contributed by atoms with van der Waals surface area (Å²) in [5.74, 6) is 0.0596. The van der Waals surface area contributed by atoms with Crippen LogP contribution in [0.4, 0.5) is 0 Å². The fourth-order valence-corrected chi connectivity index (χ4v) is 3.40. The Morgan fingerprint density at radius 2 is 1.62 bits per heavy atom. The van der Waals surface area contributed by atoms with Gasteiger partial charge >= 0.3 is 0 Å². The van der Waals surface area contributed by atoms with Gasteiger partial charge in [0, 0.05) is 16.8 Å². The van der Waals surface area contributed by atoms with Gasteiger partial charge in [-0.3, -0.25) is 4.79 Å². The lowest BCUT2D eigenvalue weighted by Gasteiger charge is -2.30. The minimum absolute atomic E-state index is 0.0596. The van der Waals surface area contributed by atoms with Crippen LogP contribution in [0.25, 0.3) is 0 Å². The molecule has 0 fully saturated rings. The third-order valence-corrected chi connectivity index (χ3v) is 4.11. The smallest absolute Gasteiger partial charge is 0.268 e. The Kier molecular flexibility index (Phi) is 3.98. The highest BCUT2D eigenvalue weighted by Crippen LogP contribution is 2.34. The molecule has 21 heavy (non-hydrogen) atoms. The molecule has 0 aliphatic heterocycles. The van der Waals surface area contributed by atoms with Gasteiger partial charge in [-0.2, -0.15) is 0 Å². The zero-order chi connectivity index (χ0) is 16.0. The van der Waals surface area contributed by atoms with Crippen LogP contribution in [0.5, 0.6) is 0 Å². The van der Waals surface area contributed by atoms with Gasteiger partial charge in [-0.25, -0.2) is 0 Å². The number of amides is 1. The summed E-state index contributed by atoms with van der Waals surface area (Å²) >= 11 is 0. The normalized spacial score (nSPS) is 15.8. The second-order valence-corrected chi connectivity index (χ2v) is 8.32. The van der Waals surface area contributed by atoms with Gasteiger partial charge in [0.15, 0.2) is 0 Å². The highest BCUT2D eigenvalue weighted by Gasteiger charge is 2.32. The first kappa shape index (κ1) is 16.1. The van der Waals surface area contributed by atoms with Crippen molar-refractivity contribution in [2.75, 3.05) is 0 Å². The molecule has 0 aromatic carbocycles. The molecule has 3 nitrogen and oxygen atoms in total. The van der Waals surface area contributed by atoms with Crippen LogP contribution >= 0.6 is 0 Å². The van der Waals surface area contributed by atoms with E-state index in [0.29, 0.717) is 0 Å². The van der Waals surface area contributed by atoms with Gasteiger partial charge in [0.1, 0.15) is 5.69 Å². The Balaban J connectivity index is 2.59. The van der Waals surface area contributed by atoms with Crippen LogP contribution in [0.15, 0.2) is 0 Å². The number of hydrogen-bond donors (Lipinski definition) is 1. The summed E-state index contributed by atoms with van der Waals surface area (Å²) in [6.45, 7) is 14.8. The predicted molar refractivity (Wildman–Crippen MR) is 88.0 cm³/mol. The Hall–Kier alpha value is -1.25. The van der Waals surface area contributed by atoms with Gasteiger partial charge in [0.2, 0.25) is 0 Å². The number of rotatable bonds is 1. The van der Waals surface area contributed by atoms with E-state index in [0.717, 1.165) is 18.5 Å². The highest BCUT2D eigenvalue weighted by atomic mass is 16.2. The second kappa shape index (κ2) is 5.19. The van der Waals surface area contributed by atoms with E-state index < -0.39 is 0 Å². The highest BCUT2D eigenvalue weighted by molar-refractivity contribution is 5.95. The topological polar surface area (TPSA) is 34.0 Å². The average Bonchev–Trinajstić information content (AvgIpc) is 2.61. The molecule has 1 heterocycles. The minimum atomic E-state index is -0.211. The Morgan fingerprint density at radius 1 is 1.05 bits per heavy atom. The molecular formula is C18H30N2O. The van der Waals surface area contributed by atoms with Crippen molar-refractivity contribution in [1.29, 1.82) is 0 Å². The lowest BCUT2D eigenvalue weighted by atomic mass is 9.94. The molecule has 0 bridgehead atoms. The predicted octanol–water partition coefficient (Wildman–Crippen LogP) is 3.96. The first-order chi connectivity index (χ1) is 9.52. The number of carbonyl (C=O) groups excluding carboxylic acids is 1. The maximum Gasteiger partial charge on any atom is 0.268 e. The molecule has 0 atom stereocenters. The lowest BCUT2D eigenvalue weighted by Crippen LogP contribution is -2.43. The molecule has 0 saturated carbocycles. The summed E-state index contributed by atoms with van der Waals surface area (Å²) in [4.78, 5) is 12.8. The van der Waals surface area contributed by atoms with Crippen LogP contribution in [-0.2, 0) is 18.4 Å². The molecule has 1 amide bonds. The SMILES string of the molecule is Cc1c2c(n(C(C)(C)C)c1C(=O)NC(C)(C)C)CCCC2. The Labute approximate surface area is 129 Å². The van der Waals surface area contributed by atoms with Gasteiger partial charge in [-0.15, -0.1) is 0 Å². The van der Waals surface area contributed by atoms with Crippen LogP contribution in [0.1, 0.15) is 81.7 Å². The summed E-state index contributed by atoms with van der Waals surface area (Å²) in [5, 5.41) is 3.14. The fourth-order valence-electron chi connectivity index (χ4n) is 3.40. The second-order valence-electron chi connectivity index (χ2n) is 8.32. The molecular weight excluding hydrogens is 260 g/mol. The minimum Gasteiger partial charge on any atom is -0.346 e. The summed E-state index contributed by atoms with van der Waals surface area (Å²) < 4.78 is 2.29. The molecule has 1 aliphatic rings. The first-order valence-electron chi connectivity index (χ1n) is 8.08. The van der Waals surface area contributed by atoms with Crippen LogP contribution in [-0.4, -0.2) is 16.0 Å². The van der Waals surface area contributed by atoms with Gasteiger partial charge in [0.05, 0.1) is 0 Å². The third-order valence-electron chi connectivity index (χ3n) is 4.11. The van der Waals surface area contributed by atoms with E-state index >= 15 is 0 Å². The van der Waals surface area contributed by atoms with E-state index in [1.165, 1.54) is 29.7 Å². The van der Waals surface area contributed by atoms with Crippen molar-refractivity contribution in [3.63, 3.8) is 0 Å². The number of hydrogen-bond acceptors (Lipinski definition) is 1. The summed E-state index contributed by atoms with van der Waals surface area (Å²) in [6, 6.07) is 0. The monoisotopic (exact) mass is 290 g/mol. The number of carbonyl (C=O) groups is 1. The summed E-state index contributed by atoms with van der Waals surface area (Å²) in [5.41, 5.74) is 4.56. The van der Waals surface area contributed by atoms with Crippen molar-refractivity contribution in [3.8, 4) is 0 Å². The van der Waals surface area contributed by atoms with Crippen molar-refractivity contribution in [1.82, 2.24) is 9.88 Å². The molecule has 1 aliphatic carbocycles. The van der Waals surface area contributed by atoms with Crippen molar-refractivity contribution < 1.29 is 4.79 Å². The number of nitrogens with one attached hydrogen (secondary N) is 1. The number of fused-ring (bicyclic) bond motifs is 1. The fraction of sp³-hybridized carbons (Fsp3) is 0.722. The summed E-state index contributed by atoms with van der Waals surface area (Å²) in [7, 11) is 0. The quantitative estimate of drug-likeness (QED) is 0.834. The van der Waals surface area contributed by atoms with Crippen molar-refractivity contribution >= 4 is 5.91 Å². The van der Waals surface area contributed by atoms with Crippen LogP contribution in [0.2, 0.25) is 0 Å². The molecule has 1 N–H and O–H groups in total. The molecule has 0 saturated heterocycles. The maximum absolute atomic E-state index is 12.8. The van der Waals surface area contributed by atoms with Crippen molar-refractivity contribution in [3.05, 3.63) is 22.5 Å². The third kappa shape index (κ3) is 3.17. The van der Waals surface area contributed by atoms with E-state index in [1.807, 2.05) is 20.8 Å². The van der Waals surface area contributed by atoms with Crippen molar-refractivity contribution in [2.24, 2.45) is 0 Å². The molecule has 0 unspecified atom stereocenters. The van der Waals surface area contributed by atoms with Gasteiger partial charge in [0.25, 0.3) is 5.91 Å². The van der Waals surface area contributed by atoms with E-state index in [2.05, 4.69) is 37.6 Å².